The van der Waals surface area contributed by atoms with Gasteiger partial charge in [-0.1, -0.05) is 176 Å². The molecule has 0 spiro atoms. The van der Waals surface area contributed by atoms with E-state index in [1.54, 1.807) is 0 Å². The molecule has 12 rings (SSSR count). The van der Waals surface area contributed by atoms with E-state index in [1.165, 1.54) is 32.3 Å². The Balaban J connectivity index is 1.03. The fourth-order valence-corrected chi connectivity index (χ4v) is 9.16. The fraction of sp³-hybridized carbons (Fsp3) is 0.0182. The van der Waals surface area contributed by atoms with Gasteiger partial charge in [-0.05, 0) is 89.8 Å². The number of benzene rings is 10. The Kier molecular flexibility index (Phi) is 7.57. The number of amidine groups is 2. The van der Waals surface area contributed by atoms with Crippen LogP contribution in [-0.4, -0.2) is 11.7 Å². The molecule has 4 heteroatoms. The van der Waals surface area contributed by atoms with Crippen molar-refractivity contribution in [2.45, 2.75) is 6.17 Å². The molecule has 4 nitrogen and oxygen atoms in total. The fourth-order valence-electron chi connectivity index (χ4n) is 9.16. The van der Waals surface area contributed by atoms with Gasteiger partial charge < -0.3 is 9.73 Å². The van der Waals surface area contributed by atoms with Crippen LogP contribution in [0.15, 0.2) is 215 Å². The summed E-state index contributed by atoms with van der Waals surface area (Å²) in [4.78, 5) is 10.2. The highest BCUT2D eigenvalue weighted by molar-refractivity contribution is 6.27. The van der Waals surface area contributed by atoms with E-state index in [2.05, 4.69) is 169 Å². The number of nitrogens with one attached hydrogen (secondary N) is 1. The van der Waals surface area contributed by atoms with E-state index < -0.39 is 0 Å². The van der Waals surface area contributed by atoms with Crippen LogP contribution in [0, 0.1) is 0 Å². The Hall–Kier alpha value is -7.82. The molecule has 1 aromatic heterocycles. The summed E-state index contributed by atoms with van der Waals surface area (Å²) in [6.07, 6.45) is -0.338. The van der Waals surface area contributed by atoms with Gasteiger partial charge in [0.25, 0.3) is 0 Å². The van der Waals surface area contributed by atoms with Gasteiger partial charge in [0.1, 0.15) is 23.2 Å². The smallest absolute Gasteiger partial charge is 0.159 e. The van der Waals surface area contributed by atoms with Crippen LogP contribution in [0.25, 0.3) is 87.3 Å². The minimum Gasteiger partial charge on any atom is -0.455 e. The van der Waals surface area contributed by atoms with Crippen molar-refractivity contribution >= 4 is 76.7 Å². The molecular formula is C55H35N3O. The Morgan fingerprint density at radius 2 is 0.966 bits per heavy atom. The van der Waals surface area contributed by atoms with Gasteiger partial charge in [-0.25, -0.2) is 9.98 Å². The summed E-state index contributed by atoms with van der Waals surface area (Å²) in [5.41, 5.74) is 9.39. The van der Waals surface area contributed by atoms with E-state index in [0.29, 0.717) is 5.84 Å². The lowest BCUT2D eigenvalue weighted by atomic mass is 9.90. The number of rotatable bonds is 5. The van der Waals surface area contributed by atoms with Crippen LogP contribution in [0.5, 0.6) is 0 Å². The molecule has 0 fully saturated rings. The van der Waals surface area contributed by atoms with Crippen molar-refractivity contribution in [3.05, 3.63) is 217 Å². The van der Waals surface area contributed by atoms with Crippen LogP contribution >= 0.6 is 0 Å². The molecule has 0 saturated heterocycles. The van der Waals surface area contributed by atoms with Crippen LogP contribution in [-0.2, 0) is 0 Å². The zero-order valence-electron chi connectivity index (χ0n) is 31.9. The number of furan rings is 1. The lowest BCUT2D eigenvalue weighted by molar-refractivity contribution is 0.672. The SMILES string of the molecule is c1ccc(C2=NC(c3cccc(-c4cc5c(oc6cccc(-c7ccc8c9ccccc9c9ccccc9c8c7)c65)c5ccccc45)c3)NC(c3ccccc3)=N2)cc1. The van der Waals surface area contributed by atoms with E-state index in [0.717, 1.165) is 77.5 Å². The number of hydrogen-bond acceptors (Lipinski definition) is 4. The standard InChI is InChI=1S/C55H35N3O/c1-3-15-34(16-4-1)53-56-54(35-17-5-2-6-18-35)58-55(57-53)38-20-13-19-36(31-38)47-33-49-51-39(27-14-28-50(51)59-52(49)46-26-12-11-25-44(46)47)37-29-30-45-42-23-8-7-21-40(42)41-22-9-10-24-43(41)48(45)32-37/h1-33,55H,(H,56,57,58). The van der Waals surface area contributed by atoms with E-state index in [-0.39, 0.29) is 6.17 Å². The van der Waals surface area contributed by atoms with Gasteiger partial charge in [-0.2, -0.15) is 0 Å². The zero-order chi connectivity index (χ0) is 38.9. The van der Waals surface area contributed by atoms with Crippen LogP contribution in [0.1, 0.15) is 22.9 Å². The molecule has 0 saturated carbocycles. The molecule has 10 aromatic carbocycles. The number of fused-ring (bicyclic) bond motifs is 11. The molecule has 1 aliphatic rings. The number of aliphatic imine (C=N–C) groups is 2. The Morgan fingerprint density at radius 1 is 0.390 bits per heavy atom. The topological polar surface area (TPSA) is 49.9 Å². The first-order valence-electron chi connectivity index (χ1n) is 20.1. The second-order valence-electron chi connectivity index (χ2n) is 15.3. The highest BCUT2D eigenvalue weighted by Crippen LogP contribution is 2.45. The maximum absolute atomic E-state index is 6.82. The summed E-state index contributed by atoms with van der Waals surface area (Å²) in [6.45, 7) is 0. The molecule has 1 unspecified atom stereocenters. The van der Waals surface area contributed by atoms with E-state index in [4.69, 9.17) is 14.4 Å². The summed E-state index contributed by atoms with van der Waals surface area (Å²) in [6, 6.07) is 71.1. The molecule has 59 heavy (non-hydrogen) atoms. The van der Waals surface area contributed by atoms with Crippen molar-refractivity contribution in [1.82, 2.24) is 5.32 Å². The third-order valence-electron chi connectivity index (χ3n) is 11.9. The van der Waals surface area contributed by atoms with Gasteiger partial charge in [-0.3, -0.25) is 0 Å². The van der Waals surface area contributed by atoms with Gasteiger partial charge >= 0.3 is 0 Å². The van der Waals surface area contributed by atoms with Gasteiger partial charge in [0.15, 0.2) is 5.84 Å². The molecule has 0 aliphatic carbocycles. The van der Waals surface area contributed by atoms with Crippen LogP contribution in [0.4, 0.5) is 0 Å². The lowest BCUT2D eigenvalue weighted by Gasteiger charge is -2.24. The Bertz CT molecular complexity index is 3490. The predicted molar refractivity (Wildman–Crippen MR) is 246 cm³/mol. The van der Waals surface area contributed by atoms with E-state index in [9.17, 15) is 0 Å². The molecule has 1 N–H and O–H groups in total. The summed E-state index contributed by atoms with van der Waals surface area (Å²) < 4.78 is 6.82. The Labute approximate surface area is 340 Å². The molecule has 11 aromatic rings. The number of nitrogens with zero attached hydrogens (tertiary/aromatic N) is 2. The second-order valence-corrected chi connectivity index (χ2v) is 15.3. The zero-order valence-corrected chi connectivity index (χ0v) is 31.9. The molecule has 1 atom stereocenters. The summed E-state index contributed by atoms with van der Waals surface area (Å²) in [5, 5.41) is 15.7. The van der Waals surface area contributed by atoms with Crippen molar-refractivity contribution in [3.63, 3.8) is 0 Å². The van der Waals surface area contributed by atoms with Crippen LogP contribution in [0.3, 0.4) is 0 Å². The average Bonchev–Trinajstić information content (AvgIpc) is 3.71. The molecule has 0 bridgehead atoms. The second kappa shape index (κ2) is 13.4. The molecule has 0 radical (unpaired) electrons. The molecule has 2 heterocycles. The maximum atomic E-state index is 6.82. The van der Waals surface area contributed by atoms with Gasteiger partial charge in [0, 0.05) is 27.3 Å². The van der Waals surface area contributed by atoms with E-state index in [1.807, 2.05) is 36.4 Å². The van der Waals surface area contributed by atoms with Crippen molar-refractivity contribution in [1.29, 1.82) is 0 Å². The third-order valence-corrected chi connectivity index (χ3v) is 11.9. The first-order valence-corrected chi connectivity index (χ1v) is 20.1. The third kappa shape index (κ3) is 5.45. The summed E-state index contributed by atoms with van der Waals surface area (Å²) in [7, 11) is 0. The summed E-state index contributed by atoms with van der Waals surface area (Å²) in [5.74, 6) is 1.51. The lowest BCUT2D eigenvalue weighted by Crippen LogP contribution is -2.33. The monoisotopic (exact) mass is 753 g/mol. The normalized spacial score (nSPS) is 14.3. The highest BCUT2D eigenvalue weighted by Gasteiger charge is 2.23. The van der Waals surface area contributed by atoms with Gasteiger partial charge in [-0.15, -0.1) is 0 Å². The van der Waals surface area contributed by atoms with Crippen molar-refractivity contribution in [2.75, 3.05) is 0 Å². The Morgan fingerprint density at radius 3 is 1.69 bits per heavy atom. The average molecular weight is 754 g/mol. The van der Waals surface area contributed by atoms with Crippen molar-refractivity contribution in [3.8, 4) is 22.3 Å². The minimum atomic E-state index is -0.338. The van der Waals surface area contributed by atoms with Gasteiger partial charge in [0.2, 0.25) is 0 Å². The molecule has 0 amide bonds. The predicted octanol–water partition coefficient (Wildman–Crippen LogP) is 14.0. The highest BCUT2D eigenvalue weighted by atomic mass is 16.3. The van der Waals surface area contributed by atoms with Gasteiger partial charge in [0.05, 0.1) is 0 Å². The summed E-state index contributed by atoms with van der Waals surface area (Å²) >= 11 is 0. The molecule has 276 valence electrons. The number of hydrogen-bond donors (Lipinski definition) is 1. The maximum Gasteiger partial charge on any atom is 0.159 e. The van der Waals surface area contributed by atoms with Crippen LogP contribution in [0.2, 0.25) is 0 Å². The minimum absolute atomic E-state index is 0.338. The van der Waals surface area contributed by atoms with Crippen molar-refractivity contribution < 1.29 is 4.42 Å². The molecule has 1 aliphatic heterocycles. The largest absolute Gasteiger partial charge is 0.455 e. The van der Waals surface area contributed by atoms with E-state index >= 15 is 0 Å². The van der Waals surface area contributed by atoms with Crippen molar-refractivity contribution in [2.24, 2.45) is 9.98 Å². The quantitative estimate of drug-likeness (QED) is 0.178. The molecular weight excluding hydrogens is 719 g/mol. The first kappa shape index (κ1) is 33.3. The van der Waals surface area contributed by atoms with Crippen LogP contribution < -0.4 is 5.32 Å². The first-order chi connectivity index (χ1) is 29.2.